The van der Waals surface area contributed by atoms with Gasteiger partial charge in [0.2, 0.25) is 0 Å². The number of aromatic amines is 1. The second-order valence-corrected chi connectivity index (χ2v) is 6.36. The molecule has 23 heavy (non-hydrogen) atoms. The zero-order valence-corrected chi connectivity index (χ0v) is 13.7. The molecule has 1 saturated heterocycles. The first-order valence-electron chi connectivity index (χ1n) is 8.36. The van der Waals surface area contributed by atoms with E-state index in [1.807, 2.05) is 35.4 Å². The number of piperidine rings is 1. The number of benzene rings is 1. The van der Waals surface area contributed by atoms with Gasteiger partial charge < -0.3 is 19.9 Å². The molecule has 2 aromatic rings. The smallest absolute Gasteiger partial charge is 0.253 e. The standard InChI is InChI=1S/C18H25N3O2/c1-20(9-2-12-22)16-6-10-21(11-7-16)18(23)15-4-3-14-5-8-19-17(14)13-15/h3-5,8,13,16,19,22H,2,6-7,9-12H2,1H3. The summed E-state index contributed by atoms with van der Waals surface area (Å²) in [4.78, 5) is 20.1. The Bertz CT molecular complexity index is 659. The van der Waals surface area contributed by atoms with Crippen molar-refractivity contribution in [3.05, 3.63) is 36.0 Å². The summed E-state index contributed by atoms with van der Waals surface area (Å²) in [6.45, 7) is 2.76. The Hall–Kier alpha value is -1.85. The predicted molar refractivity (Wildman–Crippen MR) is 91.6 cm³/mol. The minimum absolute atomic E-state index is 0.123. The molecule has 1 fully saturated rings. The monoisotopic (exact) mass is 315 g/mol. The van der Waals surface area contributed by atoms with Gasteiger partial charge in [-0.3, -0.25) is 4.79 Å². The molecule has 1 aliphatic heterocycles. The second kappa shape index (κ2) is 7.15. The van der Waals surface area contributed by atoms with E-state index in [1.54, 1.807) is 0 Å². The number of hydrogen-bond acceptors (Lipinski definition) is 3. The number of hydrogen-bond donors (Lipinski definition) is 2. The van der Waals surface area contributed by atoms with Gasteiger partial charge >= 0.3 is 0 Å². The van der Waals surface area contributed by atoms with E-state index in [1.165, 1.54) is 0 Å². The van der Waals surface area contributed by atoms with Crippen LogP contribution in [0.5, 0.6) is 0 Å². The quantitative estimate of drug-likeness (QED) is 0.888. The molecule has 2 N–H and O–H groups in total. The van der Waals surface area contributed by atoms with E-state index in [4.69, 9.17) is 5.11 Å². The van der Waals surface area contributed by atoms with Crippen molar-refractivity contribution in [2.24, 2.45) is 0 Å². The van der Waals surface area contributed by atoms with Crippen molar-refractivity contribution in [3.8, 4) is 0 Å². The zero-order chi connectivity index (χ0) is 16.2. The van der Waals surface area contributed by atoms with Gasteiger partial charge in [0.1, 0.15) is 0 Å². The van der Waals surface area contributed by atoms with E-state index < -0.39 is 0 Å². The number of aromatic nitrogens is 1. The van der Waals surface area contributed by atoms with Crippen molar-refractivity contribution in [1.29, 1.82) is 0 Å². The molecule has 5 heteroatoms. The van der Waals surface area contributed by atoms with Gasteiger partial charge in [0.05, 0.1) is 0 Å². The van der Waals surface area contributed by atoms with Crippen molar-refractivity contribution in [1.82, 2.24) is 14.8 Å². The van der Waals surface area contributed by atoms with Crippen LogP contribution in [0.15, 0.2) is 30.5 Å². The number of carbonyl (C=O) groups is 1. The maximum Gasteiger partial charge on any atom is 0.253 e. The average molecular weight is 315 g/mol. The van der Waals surface area contributed by atoms with Crippen LogP contribution in [-0.4, -0.2) is 65.1 Å². The second-order valence-electron chi connectivity index (χ2n) is 6.36. The Morgan fingerprint density at radius 3 is 2.87 bits per heavy atom. The summed E-state index contributed by atoms with van der Waals surface area (Å²) in [6, 6.07) is 8.37. The van der Waals surface area contributed by atoms with Crippen molar-refractivity contribution >= 4 is 16.8 Å². The van der Waals surface area contributed by atoms with Gasteiger partial charge in [-0.1, -0.05) is 6.07 Å². The molecular weight excluding hydrogens is 290 g/mol. The summed E-state index contributed by atoms with van der Waals surface area (Å²) in [5, 5.41) is 10.1. The first-order valence-corrected chi connectivity index (χ1v) is 8.36. The summed E-state index contributed by atoms with van der Waals surface area (Å²) < 4.78 is 0. The number of nitrogens with zero attached hydrogens (tertiary/aromatic N) is 2. The molecule has 0 bridgehead atoms. The molecule has 0 unspecified atom stereocenters. The normalized spacial score (nSPS) is 16.4. The fourth-order valence-electron chi connectivity index (χ4n) is 3.38. The van der Waals surface area contributed by atoms with Crippen LogP contribution >= 0.6 is 0 Å². The van der Waals surface area contributed by atoms with Crippen LogP contribution in [0.25, 0.3) is 10.9 Å². The Balaban J connectivity index is 1.59. The third-order valence-corrected chi connectivity index (χ3v) is 4.85. The molecule has 0 aliphatic carbocycles. The van der Waals surface area contributed by atoms with Crippen LogP contribution in [0.2, 0.25) is 0 Å². The minimum atomic E-state index is 0.123. The van der Waals surface area contributed by atoms with Gasteiger partial charge in [-0.05, 0) is 49.9 Å². The summed E-state index contributed by atoms with van der Waals surface area (Å²) in [5.41, 5.74) is 1.77. The van der Waals surface area contributed by atoms with Crippen LogP contribution in [-0.2, 0) is 0 Å². The third kappa shape index (κ3) is 3.57. The van der Waals surface area contributed by atoms with Crippen molar-refractivity contribution < 1.29 is 9.90 Å². The van der Waals surface area contributed by atoms with Crippen LogP contribution < -0.4 is 0 Å². The van der Waals surface area contributed by atoms with Crippen LogP contribution in [0.3, 0.4) is 0 Å². The number of fused-ring (bicyclic) bond motifs is 1. The molecule has 0 atom stereocenters. The fourth-order valence-corrected chi connectivity index (χ4v) is 3.38. The Labute approximate surface area is 136 Å². The number of aliphatic hydroxyl groups excluding tert-OH is 1. The topological polar surface area (TPSA) is 59.6 Å². The van der Waals surface area contributed by atoms with E-state index in [2.05, 4.69) is 16.9 Å². The number of amides is 1. The summed E-state index contributed by atoms with van der Waals surface area (Å²) in [7, 11) is 2.11. The van der Waals surface area contributed by atoms with Crippen LogP contribution in [0, 0.1) is 0 Å². The minimum Gasteiger partial charge on any atom is -0.396 e. The lowest BCUT2D eigenvalue weighted by molar-refractivity contribution is 0.0641. The number of H-pyrrole nitrogens is 1. The number of nitrogens with one attached hydrogen (secondary N) is 1. The Kier molecular flexibility index (Phi) is 4.98. The molecule has 2 heterocycles. The summed E-state index contributed by atoms with van der Waals surface area (Å²) in [5.74, 6) is 0.123. The summed E-state index contributed by atoms with van der Waals surface area (Å²) in [6.07, 6.45) is 4.70. The molecule has 0 saturated carbocycles. The fraction of sp³-hybridized carbons (Fsp3) is 0.500. The predicted octanol–water partition coefficient (Wildman–Crippen LogP) is 2.09. The van der Waals surface area contributed by atoms with Gasteiger partial charge in [0, 0.05) is 49.6 Å². The molecule has 1 aromatic carbocycles. The molecule has 124 valence electrons. The van der Waals surface area contributed by atoms with Gasteiger partial charge in [-0.15, -0.1) is 0 Å². The lowest BCUT2D eigenvalue weighted by atomic mass is 10.0. The van der Waals surface area contributed by atoms with Crippen LogP contribution in [0.4, 0.5) is 0 Å². The SMILES string of the molecule is CN(CCCO)C1CCN(C(=O)c2ccc3cc[nH]c3c2)CC1. The number of likely N-dealkylation sites (tertiary alicyclic amines) is 1. The Morgan fingerprint density at radius 1 is 1.35 bits per heavy atom. The zero-order valence-electron chi connectivity index (χ0n) is 13.7. The maximum atomic E-state index is 12.7. The van der Waals surface area contributed by atoms with Gasteiger partial charge in [-0.2, -0.15) is 0 Å². The van der Waals surface area contributed by atoms with Gasteiger partial charge in [0.15, 0.2) is 0 Å². The molecule has 3 rings (SSSR count). The lowest BCUT2D eigenvalue weighted by Gasteiger charge is -2.36. The number of rotatable bonds is 5. The highest BCUT2D eigenvalue weighted by atomic mass is 16.3. The Morgan fingerprint density at radius 2 is 2.13 bits per heavy atom. The van der Waals surface area contributed by atoms with E-state index in [9.17, 15) is 4.79 Å². The molecular formula is C18H25N3O2. The number of aliphatic hydroxyl groups is 1. The van der Waals surface area contributed by atoms with Gasteiger partial charge in [-0.25, -0.2) is 0 Å². The molecule has 1 amide bonds. The average Bonchev–Trinajstić information content (AvgIpc) is 3.06. The largest absolute Gasteiger partial charge is 0.396 e. The van der Waals surface area contributed by atoms with E-state index in [0.29, 0.717) is 6.04 Å². The number of carbonyl (C=O) groups excluding carboxylic acids is 1. The highest BCUT2D eigenvalue weighted by molar-refractivity contribution is 5.98. The lowest BCUT2D eigenvalue weighted by Crippen LogP contribution is -2.45. The van der Waals surface area contributed by atoms with E-state index in [0.717, 1.165) is 55.4 Å². The highest BCUT2D eigenvalue weighted by Gasteiger charge is 2.25. The molecule has 5 nitrogen and oxygen atoms in total. The maximum absolute atomic E-state index is 12.7. The first kappa shape index (κ1) is 16.0. The third-order valence-electron chi connectivity index (χ3n) is 4.85. The first-order chi connectivity index (χ1) is 11.2. The molecule has 0 spiro atoms. The van der Waals surface area contributed by atoms with Crippen LogP contribution in [0.1, 0.15) is 29.6 Å². The summed E-state index contributed by atoms with van der Waals surface area (Å²) >= 11 is 0. The highest BCUT2D eigenvalue weighted by Crippen LogP contribution is 2.20. The van der Waals surface area contributed by atoms with Crippen molar-refractivity contribution in [2.45, 2.75) is 25.3 Å². The molecule has 1 aliphatic rings. The van der Waals surface area contributed by atoms with E-state index >= 15 is 0 Å². The van der Waals surface area contributed by atoms with E-state index in [-0.39, 0.29) is 12.5 Å². The molecule has 0 radical (unpaired) electrons. The van der Waals surface area contributed by atoms with Crippen molar-refractivity contribution in [3.63, 3.8) is 0 Å². The molecule has 1 aromatic heterocycles. The van der Waals surface area contributed by atoms with Gasteiger partial charge in [0.25, 0.3) is 5.91 Å². The van der Waals surface area contributed by atoms with Crippen molar-refractivity contribution in [2.75, 3.05) is 33.3 Å².